The molecule has 3 N–H and O–H groups in total. The van der Waals surface area contributed by atoms with Gasteiger partial charge >= 0.3 is 12.0 Å². The van der Waals surface area contributed by atoms with Crippen molar-refractivity contribution in [2.24, 2.45) is 0 Å². The van der Waals surface area contributed by atoms with Crippen LogP contribution in [-0.4, -0.2) is 58.0 Å². The Balaban J connectivity index is 1.47. The fourth-order valence-electron chi connectivity index (χ4n) is 5.65. The molecule has 1 aromatic heterocycles. The van der Waals surface area contributed by atoms with Gasteiger partial charge in [-0.15, -0.1) is 0 Å². The molecule has 0 saturated carbocycles. The number of aromatic amines is 1. The van der Waals surface area contributed by atoms with E-state index >= 15 is 0 Å². The van der Waals surface area contributed by atoms with Crippen molar-refractivity contribution >= 4 is 40.4 Å². The van der Waals surface area contributed by atoms with Gasteiger partial charge in [0, 0.05) is 23.0 Å². The second-order valence-electron chi connectivity index (χ2n) is 9.88. The first-order valence-corrected chi connectivity index (χ1v) is 12.8. The summed E-state index contributed by atoms with van der Waals surface area (Å²) in [5.74, 6) is -1.75. The molecule has 1 fully saturated rings. The first-order chi connectivity index (χ1) is 19.3. The minimum atomic E-state index is -1.20. The molecule has 40 heavy (non-hydrogen) atoms. The number of methoxy groups -OCH3 is 1. The lowest BCUT2D eigenvalue weighted by Gasteiger charge is -2.36. The highest BCUT2D eigenvalue weighted by molar-refractivity contribution is 6.24. The van der Waals surface area contributed by atoms with E-state index < -0.39 is 41.9 Å². The Morgan fingerprint density at radius 1 is 1.05 bits per heavy atom. The molecule has 3 aromatic carbocycles. The monoisotopic (exact) mass is 538 g/mol. The number of nitrogens with one attached hydrogen (secondary N) is 2. The molecule has 2 aliphatic heterocycles. The van der Waals surface area contributed by atoms with Crippen LogP contribution in [0, 0.1) is 0 Å². The van der Waals surface area contributed by atoms with Crippen LogP contribution in [0.2, 0.25) is 0 Å². The van der Waals surface area contributed by atoms with E-state index in [1.54, 1.807) is 24.1 Å². The summed E-state index contributed by atoms with van der Waals surface area (Å²) >= 11 is 0. The number of hydrogen-bond donors (Lipinski definition) is 3. The number of imide groups is 1. The predicted octanol–water partition coefficient (Wildman–Crippen LogP) is 3.86. The molecule has 4 aromatic rings. The Kier molecular flexibility index (Phi) is 6.02. The van der Waals surface area contributed by atoms with Crippen LogP contribution in [0.5, 0.6) is 5.75 Å². The third kappa shape index (κ3) is 3.87. The minimum absolute atomic E-state index is 0.0269. The van der Waals surface area contributed by atoms with Crippen LogP contribution in [0.3, 0.4) is 0 Å². The van der Waals surface area contributed by atoms with Crippen LogP contribution in [0.15, 0.2) is 72.8 Å². The van der Waals surface area contributed by atoms with E-state index in [1.807, 2.05) is 48.5 Å². The van der Waals surface area contributed by atoms with Crippen molar-refractivity contribution in [2.75, 3.05) is 12.0 Å². The highest BCUT2D eigenvalue weighted by Crippen LogP contribution is 2.45. The fourth-order valence-corrected chi connectivity index (χ4v) is 5.65. The number of nitrogens with zero attached hydrogens (tertiary/aromatic N) is 2. The first-order valence-electron chi connectivity index (χ1n) is 12.8. The minimum Gasteiger partial charge on any atom is -0.497 e. The lowest BCUT2D eigenvalue weighted by atomic mass is 9.89. The number of carboxylic acid groups (broad SMARTS) is 1. The summed E-state index contributed by atoms with van der Waals surface area (Å²) in [6, 6.07) is 18.2. The molecule has 0 radical (unpaired) electrons. The maximum absolute atomic E-state index is 14.2. The number of carbonyl (C=O) groups is 4. The quantitative estimate of drug-likeness (QED) is 0.320. The van der Waals surface area contributed by atoms with E-state index in [1.165, 1.54) is 19.1 Å². The maximum atomic E-state index is 14.2. The fraction of sp³-hybridized carbons (Fsp3) is 0.200. The molecular formula is C30H26N4O6. The number of carbonyl (C=O) groups excluding carboxylic acids is 3. The number of benzene rings is 3. The topological polar surface area (TPSA) is 132 Å². The molecule has 0 spiro atoms. The summed E-state index contributed by atoms with van der Waals surface area (Å²) in [4.78, 5) is 58.7. The molecule has 0 bridgehead atoms. The van der Waals surface area contributed by atoms with E-state index in [4.69, 9.17) is 4.74 Å². The number of rotatable bonds is 6. The molecule has 10 heteroatoms. The highest BCUT2D eigenvalue weighted by atomic mass is 16.5. The lowest BCUT2D eigenvalue weighted by Crippen LogP contribution is -2.44. The molecule has 0 unspecified atom stereocenters. The maximum Gasteiger partial charge on any atom is 0.332 e. The number of H-pyrrole nitrogens is 1. The number of amides is 4. The number of ether oxygens (including phenoxy) is 1. The Morgan fingerprint density at radius 3 is 2.58 bits per heavy atom. The number of urea groups is 1. The van der Waals surface area contributed by atoms with Gasteiger partial charge in [0.05, 0.1) is 18.4 Å². The van der Waals surface area contributed by atoms with Gasteiger partial charge in [-0.3, -0.25) is 19.3 Å². The van der Waals surface area contributed by atoms with Crippen molar-refractivity contribution < 1.29 is 29.0 Å². The smallest absolute Gasteiger partial charge is 0.332 e. The Labute approximate surface area is 229 Å². The van der Waals surface area contributed by atoms with Gasteiger partial charge in [-0.25, -0.2) is 9.69 Å². The zero-order chi connectivity index (χ0) is 28.1. The molecule has 3 atom stereocenters. The number of fused-ring (bicyclic) bond motifs is 4. The SMILES string of the molecule is COc1cccc([C@H]2c3[nH]c4ccccc4c3C[C@H]3C(=O)N(c4ccccc4C(=O)N[C@H](C)C(=O)O)C(=O)N23)c1. The number of carboxylic acids is 1. The van der Waals surface area contributed by atoms with Crippen LogP contribution in [0.1, 0.15) is 40.1 Å². The summed E-state index contributed by atoms with van der Waals surface area (Å²) in [5, 5.41) is 12.6. The van der Waals surface area contributed by atoms with E-state index in [0.29, 0.717) is 12.2 Å². The van der Waals surface area contributed by atoms with Crippen LogP contribution in [0.4, 0.5) is 10.5 Å². The van der Waals surface area contributed by atoms with Crippen molar-refractivity contribution in [2.45, 2.75) is 31.5 Å². The molecule has 3 heterocycles. The second kappa shape index (κ2) is 9.57. The zero-order valence-electron chi connectivity index (χ0n) is 21.8. The van der Waals surface area contributed by atoms with Gasteiger partial charge in [0.25, 0.3) is 11.8 Å². The van der Waals surface area contributed by atoms with E-state index in [-0.39, 0.29) is 11.3 Å². The summed E-state index contributed by atoms with van der Waals surface area (Å²) in [5.41, 5.74) is 3.57. The van der Waals surface area contributed by atoms with Crippen molar-refractivity contribution in [3.05, 3.63) is 95.2 Å². The third-order valence-corrected chi connectivity index (χ3v) is 7.57. The second-order valence-corrected chi connectivity index (χ2v) is 9.88. The number of aromatic nitrogens is 1. The van der Waals surface area contributed by atoms with Crippen molar-refractivity contribution in [1.82, 2.24) is 15.2 Å². The molecule has 0 aliphatic carbocycles. The molecule has 6 rings (SSSR count). The van der Waals surface area contributed by atoms with E-state index in [2.05, 4.69) is 10.3 Å². The number of para-hydroxylation sites is 2. The average molecular weight is 539 g/mol. The summed E-state index contributed by atoms with van der Waals surface area (Å²) in [7, 11) is 1.57. The first kappa shape index (κ1) is 25.2. The lowest BCUT2D eigenvalue weighted by molar-refractivity contribution is -0.138. The highest BCUT2D eigenvalue weighted by Gasteiger charge is 2.53. The van der Waals surface area contributed by atoms with Gasteiger partial charge < -0.3 is 20.1 Å². The van der Waals surface area contributed by atoms with Gasteiger partial charge in [0.2, 0.25) is 0 Å². The van der Waals surface area contributed by atoms with Crippen LogP contribution in [0.25, 0.3) is 10.9 Å². The van der Waals surface area contributed by atoms with Gasteiger partial charge in [0.1, 0.15) is 23.9 Å². The van der Waals surface area contributed by atoms with Crippen molar-refractivity contribution in [1.29, 1.82) is 0 Å². The largest absolute Gasteiger partial charge is 0.497 e. The predicted molar refractivity (Wildman–Crippen MR) is 146 cm³/mol. The number of hydrogen-bond acceptors (Lipinski definition) is 5. The van der Waals surface area contributed by atoms with Crippen LogP contribution < -0.4 is 15.0 Å². The Bertz CT molecular complexity index is 1690. The van der Waals surface area contributed by atoms with Crippen LogP contribution >= 0.6 is 0 Å². The van der Waals surface area contributed by atoms with Crippen molar-refractivity contribution in [3.63, 3.8) is 0 Å². The molecule has 2 aliphatic rings. The Morgan fingerprint density at radius 2 is 1.80 bits per heavy atom. The van der Waals surface area contributed by atoms with E-state index in [0.717, 1.165) is 32.6 Å². The Hall–Kier alpha value is -5.12. The normalized spacial score (nSPS) is 18.9. The zero-order valence-corrected chi connectivity index (χ0v) is 21.8. The number of anilines is 1. The standard InChI is InChI=1S/C30H26N4O6/c1-16(29(37)38)31-27(35)20-11-4-6-13-23(20)34-28(36)24-15-21-19-10-3-5-12-22(19)32-25(21)26(33(24)30(34)39)17-8-7-9-18(14-17)40-2/h3-14,16,24,26,32H,15H2,1-2H3,(H,31,35)(H,37,38)/t16-,24+,26+/m1/s1. The van der Waals surface area contributed by atoms with Gasteiger partial charge in [0.15, 0.2) is 0 Å². The average Bonchev–Trinajstić information content (AvgIpc) is 3.45. The molecule has 202 valence electrons. The molecule has 10 nitrogen and oxygen atoms in total. The van der Waals surface area contributed by atoms with Crippen LogP contribution in [-0.2, 0) is 16.0 Å². The molecule has 1 saturated heterocycles. The summed E-state index contributed by atoms with van der Waals surface area (Å²) < 4.78 is 5.46. The molecular weight excluding hydrogens is 512 g/mol. The van der Waals surface area contributed by atoms with Crippen molar-refractivity contribution in [3.8, 4) is 5.75 Å². The van der Waals surface area contributed by atoms with Gasteiger partial charge in [-0.2, -0.15) is 0 Å². The summed E-state index contributed by atoms with van der Waals surface area (Å²) in [6.07, 6.45) is 0.297. The van der Waals surface area contributed by atoms with Gasteiger partial charge in [-0.1, -0.05) is 42.5 Å². The third-order valence-electron chi connectivity index (χ3n) is 7.57. The molecule has 4 amide bonds. The van der Waals surface area contributed by atoms with E-state index in [9.17, 15) is 24.3 Å². The summed E-state index contributed by atoms with van der Waals surface area (Å²) in [6.45, 7) is 1.34. The van der Waals surface area contributed by atoms with Gasteiger partial charge in [-0.05, 0) is 48.4 Å². The number of aliphatic carboxylic acids is 1.